The Morgan fingerprint density at radius 2 is 1.53 bits per heavy atom. The van der Waals surface area contributed by atoms with E-state index in [4.69, 9.17) is 0 Å². The average molecular weight is 464 g/mol. The topological polar surface area (TPSA) is 93.3 Å². The van der Waals surface area contributed by atoms with Crippen LogP contribution in [0.3, 0.4) is 0 Å². The van der Waals surface area contributed by atoms with Gasteiger partial charge in [-0.3, -0.25) is 19.4 Å². The summed E-state index contributed by atoms with van der Waals surface area (Å²) in [6, 6.07) is 7.29. The third-order valence-corrected chi connectivity index (χ3v) is 8.70. The van der Waals surface area contributed by atoms with E-state index in [0.29, 0.717) is 50.6 Å². The van der Waals surface area contributed by atoms with Gasteiger partial charge in [0.25, 0.3) is 10.2 Å². The maximum atomic E-state index is 13.3. The number of carbonyl (C=O) groups excluding carboxylic acids is 2. The van der Waals surface area contributed by atoms with Crippen molar-refractivity contribution in [3.05, 3.63) is 24.3 Å². The Morgan fingerprint density at radius 1 is 0.938 bits per heavy atom. The predicted molar refractivity (Wildman–Crippen MR) is 124 cm³/mol. The van der Waals surface area contributed by atoms with E-state index in [1.807, 2.05) is 23.1 Å². The molecule has 2 amide bonds. The number of nitrogens with zero attached hydrogens (tertiary/aromatic N) is 4. The van der Waals surface area contributed by atoms with Crippen LogP contribution in [0, 0.1) is 0 Å². The van der Waals surface area contributed by atoms with E-state index in [1.165, 1.54) is 0 Å². The fraction of sp³-hybridized carbons (Fsp3) is 0.636. The fourth-order valence-corrected chi connectivity index (χ4v) is 6.39. The maximum absolute atomic E-state index is 13.3. The molecule has 2 fully saturated rings. The second-order valence-electron chi connectivity index (χ2n) is 9.26. The summed E-state index contributed by atoms with van der Waals surface area (Å²) >= 11 is 0. The minimum atomic E-state index is -3.45. The van der Waals surface area contributed by atoms with Crippen molar-refractivity contribution in [2.45, 2.75) is 45.1 Å². The fourth-order valence-electron chi connectivity index (χ4n) is 4.71. The molecule has 0 atom stereocenters. The van der Waals surface area contributed by atoms with Gasteiger partial charge in [0.05, 0.1) is 17.9 Å². The van der Waals surface area contributed by atoms with E-state index < -0.39 is 15.7 Å². The van der Waals surface area contributed by atoms with Crippen molar-refractivity contribution in [1.29, 1.82) is 0 Å². The number of nitrogens with one attached hydrogen (secondary N) is 1. The van der Waals surface area contributed by atoms with Crippen molar-refractivity contribution in [3.63, 3.8) is 0 Å². The van der Waals surface area contributed by atoms with Crippen LogP contribution in [-0.2, 0) is 19.8 Å². The van der Waals surface area contributed by atoms with E-state index in [9.17, 15) is 18.0 Å². The first-order chi connectivity index (χ1) is 15.2. The average Bonchev–Trinajstić information content (AvgIpc) is 3.05. The number of amides is 2. The standard InChI is InChI=1S/C22H33N5O4S/c1-22(2)21(29)23-18-9-5-6-10-19(18)27(22)20(28)17-24-13-15-26(16-14-24)32(30,31)25-11-7-3-4-8-12-25/h5-6,9-10H,3-4,7-8,11-17H2,1-2H3,(H,23,29). The van der Waals surface area contributed by atoms with Crippen LogP contribution in [0.5, 0.6) is 0 Å². The number of hydrogen-bond acceptors (Lipinski definition) is 5. The van der Waals surface area contributed by atoms with Gasteiger partial charge in [0.1, 0.15) is 5.54 Å². The molecule has 0 spiro atoms. The van der Waals surface area contributed by atoms with E-state index in [0.717, 1.165) is 25.7 Å². The van der Waals surface area contributed by atoms with Crippen LogP contribution in [0.2, 0.25) is 0 Å². The number of fused-ring (bicyclic) bond motifs is 1. The lowest BCUT2D eigenvalue weighted by molar-refractivity contribution is -0.127. The Bertz CT molecular complexity index is 964. The quantitative estimate of drug-likeness (QED) is 0.730. The molecule has 9 nitrogen and oxygen atoms in total. The van der Waals surface area contributed by atoms with Gasteiger partial charge in [-0.15, -0.1) is 0 Å². The highest BCUT2D eigenvalue weighted by atomic mass is 32.2. The summed E-state index contributed by atoms with van der Waals surface area (Å²) in [4.78, 5) is 29.5. The molecule has 0 bridgehead atoms. The largest absolute Gasteiger partial charge is 0.322 e. The Kier molecular flexibility index (Phi) is 6.58. The van der Waals surface area contributed by atoms with Gasteiger partial charge in [0.2, 0.25) is 11.8 Å². The van der Waals surface area contributed by atoms with E-state index in [-0.39, 0.29) is 18.4 Å². The molecule has 0 aromatic heterocycles. The molecule has 32 heavy (non-hydrogen) atoms. The number of anilines is 2. The lowest BCUT2D eigenvalue weighted by atomic mass is 9.96. The molecule has 2 saturated heterocycles. The van der Waals surface area contributed by atoms with Crippen LogP contribution in [0.25, 0.3) is 0 Å². The van der Waals surface area contributed by atoms with Crippen LogP contribution in [0.15, 0.2) is 24.3 Å². The molecule has 3 aliphatic rings. The van der Waals surface area contributed by atoms with Gasteiger partial charge in [0, 0.05) is 39.3 Å². The zero-order valence-corrected chi connectivity index (χ0v) is 19.7. The van der Waals surface area contributed by atoms with E-state index in [1.54, 1.807) is 33.4 Å². The smallest absolute Gasteiger partial charge is 0.282 e. The van der Waals surface area contributed by atoms with Crippen LogP contribution < -0.4 is 10.2 Å². The SMILES string of the molecule is CC1(C)C(=O)Nc2ccccc2N1C(=O)CN1CCN(S(=O)(=O)N2CCCCCC2)CC1. The molecule has 176 valence electrons. The summed E-state index contributed by atoms with van der Waals surface area (Å²) in [5.41, 5.74) is 0.298. The zero-order chi connectivity index (χ0) is 22.9. The highest BCUT2D eigenvalue weighted by Gasteiger charge is 2.44. The van der Waals surface area contributed by atoms with Gasteiger partial charge in [-0.05, 0) is 38.8 Å². The van der Waals surface area contributed by atoms with Crippen molar-refractivity contribution in [1.82, 2.24) is 13.5 Å². The first-order valence-corrected chi connectivity index (χ1v) is 12.8. The number of piperazine rings is 1. The third-order valence-electron chi connectivity index (χ3n) is 6.66. The molecule has 0 aliphatic carbocycles. The molecule has 3 heterocycles. The lowest BCUT2D eigenvalue weighted by Gasteiger charge is -2.43. The van der Waals surface area contributed by atoms with Gasteiger partial charge < -0.3 is 5.32 Å². The second kappa shape index (κ2) is 9.09. The number of rotatable bonds is 4. The van der Waals surface area contributed by atoms with Crippen molar-refractivity contribution in [2.75, 3.05) is 56.0 Å². The number of benzene rings is 1. The first kappa shape index (κ1) is 23.2. The van der Waals surface area contributed by atoms with Gasteiger partial charge in [-0.25, -0.2) is 0 Å². The molecule has 0 radical (unpaired) electrons. The monoisotopic (exact) mass is 463 g/mol. The predicted octanol–water partition coefficient (Wildman–Crippen LogP) is 1.49. The summed E-state index contributed by atoms with van der Waals surface area (Å²) in [5, 5.41) is 2.87. The van der Waals surface area contributed by atoms with Crippen molar-refractivity contribution < 1.29 is 18.0 Å². The number of carbonyl (C=O) groups is 2. The van der Waals surface area contributed by atoms with Crippen LogP contribution in [0.1, 0.15) is 39.5 Å². The van der Waals surface area contributed by atoms with Crippen LogP contribution in [-0.4, -0.2) is 85.1 Å². The molecule has 0 unspecified atom stereocenters. The van der Waals surface area contributed by atoms with E-state index >= 15 is 0 Å². The van der Waals surface area contributed by atoms with Crippen molar-refractivity contribution in [3.8, 4) is 0 Å². The second-order valence-corrected chi connectivity index (χ2v) is 11.2. The summed E-state index contributed by atoms with van der Waals surface area (Å²) in [7, 11) is -3.45. The third kappa shape index (κ3) is 4.41. The Labute approximate surface area is 190 Å². The highest BCUT2D eigenvalue weighted by Crippen LogP contribution is 2.36. The Hall–Kier alpha value is -2.01. The van der Waals surface area contributed by atoms with Gasteiger partial charge >= 0.3 is 0 Å². The summed E-state index contributed by atoms with van der Waals surface area (Å²) < 4.78 is 29.3. The maximum Gasteiger partial charge on any atom is 0.282 e. The van der Waals surface area contributed by atoms with Crippen LogP contribution >= 0.6 is 0 Å². The molecule has 1 aromatic rings. The lowest BCUT2D eigenvalue weighted by Crippen LogP contribution is -2.61. The van der Waals surface area contributed by atoms with Crippen LogP contribution in [0.4, 0.5) is 11.4 Å². The zero-order valence-electron chi connectivity index (χ0n) is 18.9. The molecular formula is C22H33N5O4S. The number of para-hydroxylation sites is 2. The van der Waals surface area contributed by atoms with Gasteiger partial charge in [-0.2, -0.15) is 17.0 Å². The molecule has 1 N–H and O–H groups in total. The summed E-state index contributed by atoms with van der Waals surface area (Å²) in [5.74, 6) is -0.390. The van der Waals surface area contributed by atoms with Crippen molar-refractivity contribution >= 4 is 33.4 Å². The summed E-state index contributed by atoms with van der Waals surface area (Å²) in [6.07, 6.45) is 3.98. The van der Waals surface area contributed by atoms with Gasteiger partial charge in [-0.1, -0.05) is 25.0 Å². The number of hydrogen-bond donors (Lipinski definition) is 1. The van der Waals surface area contributed by atoms with E-state index in [2.05, 4.69) is 5.32 Å². The van der Waals surface area contributed by atoms with Crippen molar-refractivity contribution in [2.24, 2.45) is 0 Å². The molecule has 4 rings (SSSR count). The summed E-state index contributed by atoms with van der Waals surface area (Å²) in [6.45, 7) is 6.51. The molecule has 0 saturated carbocycles. The minimum Gasteiger partial charge on any atom is -0.322 e. The molecular weight excluding hydrogens is 430 g/mol. The highest BCUT2D eigenvalue weighted by molar-refractivity contribution is 7.86. The minimum absolute atomic E-state index is 0.142. The molecule has 1 aromatic carbocycles. The Morgan fingerprint density at radius 3 is 2.19 bits per heavy atom. The Balaban J connectivity index is 1.41. The van der Waals surface area contributed by atoms with Gasteiger partial charge in [0.15, 0.2) is 0 Å². The normalized spacial score (nSPS) is 23.3. The molecule has 3 aliphatic heterocycles. The first-order valence-electron chi connectivity index (χ1n) is 11.4. The molecule has 10 heteroatoms.